The van der Waals surface area contributed by atoms with E-state index in [0.717, 1.165) is 12.8 Å². The summed E-state index contributed by atoms with van der Waals surface area (Å²) in [6, 6.07) is 0.110. The van der Waals surface area contributed by atoms with Crippen LogP contribution < -0.4 is 5.32 Å². The third-order valence-electron chi connectivity index (χ3n) is 3.13. The van der Waals surface area contributed by atoms with Crippen LogP contribution in [0.4, 0.5) is 4.79 Å². The number of hydrogen-bond donors (Lipinski definition) is 2. The van der Waals surface area contributed by atoms with E-state index in [4.69, 9.17) is 9.84 Å². The molecule has 1 fully saturated rings. The summed E-state index contributed by atoms with van der Waals surface area (Å²) in [6.07, 6.45) is 2.55. The number of urea groups is 1. The van der Waals surface area contributed by atoms with Gasteiger partial charge >= 0.3 is 12.0 Å². The van der Waals surface area contributed by atoms with E-state index in [2.05, 4.69) is 5.32 Å². The van der Waals surface area contributed by atoms with Crippen LogP contribution in [-0.2, 0) is 9.53 Å². The number of carboxylic acid groups (broad SMARTS) is 1. The molecule has 1 atom stereocenters. The molecule has 0 aliphatic heterocycles. The Hall–Kier alpha value is -1.30. The predicted octanol–water partition coefficient (Wildman–Crippen LogP) is 0.918. The van der Waals surface area contributed by atoms with E-state index in [1.54, 1.807) is 18.9 Å². The summed E-state index contributed by atoms with van der Waals surface area (Å²) >= 11 is 0. The zero-order valence-electron chi connectivity index (χ0n) is 11.0. The maximum absolute atomic E-state index is 11.9. The number of amides is 2. The minimum atomic E-state index is -0.868. The molecule has 2 amide bonds. The second-order valence-corrected chi connectivity index (χ2v) is 4.55. The lowest BCUT2D eigenvalue weighted by atomic mass is 10.1. The zero-order chi connectivity index (χ0) is 13.5. The van der Waals surface area contributed by atoms with Crippen molar-refractivity contribution in [2.24, 2.45) is 5.92 Å². The fraction of sp³-hybridized carbons (Fsp3) is 0.833. The SMILES string of the molecule is CCC(CNC(=O)N(CCOC)C1CC1)C(=O)O. The lowest BCUT2D eigenvalue weighted by Crippen LogP contribution is -2.45. The van der Waals surface area contributed by atoms with Gasteiger partial charge in [0.2, 0.25) is 0 Å². The number of carbonyl (C=O) groups excluding carboxylic acids is 1. The van der Waals surface area contributed by atoms with E-state index in [1.165, 1.54) is 0 Å². The Morgan fingerprint density at radius 1 is 1.50 bits per heavy atom. The molecule has 0 aromatic carbocycles. The summed E-state index contributed by atoms with van der Waals surface area (Å²) in [5.41, 5.74) is 0. The molecule has 2 N–H and O–H groups in total. The van der Waals surface area contributed by atoms with Crippen LogP contribution in [0.2, 0.25) is 0 Å². The Kier molecular flexibility index (Phi) is 5.91. The van der Waals surface area contributed by atoms with Gasteiger partial charge in [0, 0.05) is 26.2 Å². The average molecular weight is 258 g/mol. The van der Waals surface area contributed by atoms with E-state index in [1.807, 2.05) is 0 Å². The van der Waals surface area contributed by atoms with Crippen LogP contribution in [0.1, 0.15) is 26.2 Å². The van der Waals surface area contributed by atoms with Crippen molar-refractivity contribution in [2.75, 3.05) is 26.8 Å². The van der Waals surface area contributed by atoms with Crippen molar-refractivity contribution >= 4 is 12.0 Å². The van der Waals surface area contributed by atoms with Crippen molar-refractivity contribution in [1.82, 2.24) is 10.2 Å². The first-order chi connectivity index (χ1) is 8.60. The van der Waals surface area contributed by atoms with Crippen molar-refractivity contribution in [1.29, 1.82) is 0 Å². The quantitative estimate of drug-likeness (QED) is 0.678. The van der Waals surface area contributed by atoms with Gasteiger partial charge < -0.3 is 20.1 Å². The number of hydrogen-bond acceptors (Lipinski definition) is 3. The number of carbonyl (C=O) groups is 2. The number of ether oxygens (including phenoxy) is 1. The molecular formula is C12H22N2O4. The molecule has 6 nitrogen and oxygen atoms in total. The third-order valence-corrected chi connectivity index (χ3v) is 3.13. The van der Waals surface area contributed by atoms with E-state index in [9.17, 15) is 9.59 Å². The first kappa shape index (κ1) is 14.8. The maximum Gasteiger partial charge on any atom is 0.317 e. The monoisotopic (exact) mass is 258 g/mol. The minimum Gasteiger partial charge on any atom is -0.481 e. The van der Waals surface area contributed by atoms with Crippen molar-refractivity contribution in [3.63, 3.8) is 0 Å². The third kappa shape index (κ3) is 4.52. The number of nitrogens with one attached hydrogen (secondary N) is 1. The molecule has 1 aliphatic rings. The fourth-order valence-electron chi connectivity index (χ4n) is 1.74. The lowest BCUT2D eigenvalue weighted by molar-refractivity contribution is -0.141. The highest BCUT2D eigenvalue weighted by Crippen LogP contribution is 2.26. The number of rotatable bonds is 8. The topological polar surface area (TPSA) is 78.9 Å². The normalized spacial score (nSPS) is 16.1. The van der Waals surface area contributed by atoms with Crippen molar-refractivity contribution in [3.8, 4) is 0 Å². The molecular weight excluding hydrogens is 236 g/mol. The van der Waals surface area contributed by atoms with Crippen molar-refractivity contribution in [2.45, 2.75) is 32.2 Å². The summed E-state index contributed by atoms with van der Waals surface area (Å²) < 4.78 is 4.97. The minimum absolute atomic E-state index is 0.181. The van der Waals surface area contributed by atoms with Crippen LogP contribution in [0, 0.1) is 5.92 Å². The first-order valence-corrected chi connectivity index (χ1v) is 6.36. The van der Waals surface area contributed by atoms with Crippen LogP contribution in [0.5, 0.6) is 0 Å². The molecule has 0 radical (unpaired) electrons. The molecule has 0 spiro atoms. The van der Waals surface area contributed by atoms with Crippen molar-refractivity contribution < 1.29 is 19.4 Å². The highest BCUT2D eigenvalue weighted by atomic mass is 16.5. The summed E-state index contributed by atoms with van der Waals surface area (Å²) in [6.45, 7) is 3.03. The number of aliphatic carboxylic acids is 1. The number of nitrogens with zero attached hydrogens (tertiary/aromatic N) is 1. The highest BCUT2D eigenvalue weighted by molar-refractivity contribution is 5.76. The molecule has 1 aliphatic carbocycles. The molecule has 0 bridgehead atoms. The zero-order valence-corrected chi connectivity index (χ0v) is 11.0. The van der Waals surface area contributed by atoms with Gasteiger partial charge in [0.05, 0.1) is 12.5 Å². The van der Waals surface area contributed by atoms with Gasteiger partial charge in [-0.3, -0.25) is 4.79 Å². The van der Waals surface area contributed by atoms with Gasteiger partial charge in [0.1, 0.15) is 0 Å². The van der Waals surface area contributed by atoms with E-state index in [0.29, 0.717) is 25.6 Å². The van der Waals surface area contributed by atoms with Crippen LogP contribution in [0.25, 0.3) is 0 Å². The van der Waals surface area contributed by atoms with Gasteiger partial charge in [0.15, 0.2) is 0 Å². The predicted molar refractivity (Wildman–Crippen MR) is 66.4 cm³/mol. The molecule has 0 heterocycles. The summed E-state index contributed by atoms with van der Waals surface area (Å²) in [5, 5.41) is 11.6. The summed E-state index contributed by atoms with van der Waals surface area (Å²) in [4.78, 5) is 24.5. The van der Waals surface area contributed by atoms with Crippen LogP contribution >= 0.6 is 0 Å². The Bertz CT molecular complexity index is 292. The Morgan fingerprint density at radius 2 is 2.17 bits per heavy atom. The van der Waals surface area contributed by atoms with Gasteiger partial charge in [-0.05, 0) is 19.3 Å². The highest BCUT2D eigenvalue weighted by Gasteiger charge is 2.32. The molecule has 1 saturated carbocycles. The fourth-order valence-corrected chi connectivity index (χ4v) is 1.74. The molecule has 1 unspecified atom stereocenters. The molecule has 6 heteroatoms. The van der Waals surface area contributed by atoms with Gasteiger partial charge in [-0.15, -0.1) is 0 Å². The van der Waals surface area contributed by atoms with E-state index in [-0.39, 0.29) is 12.6 Å². The van der Waals surface area contributed by atoms with Gasteiger partial charge in [0.25, 0.3) is 0 Å². The smallest absolute Gasteiger partial charge is 0.317 e. The second-order valence-electron chi connectivity index (χ2n) is 4.55. The first-order valence-electron chi connectivity index (χ1n) is 6.36. The number of carboxylic acids is 1. The molecule has 0 saturated heterocycles. The van der Waals surface area contributed by atoms with Crippen LogP contribution in [0.15, 0.2) is 0 Å². The second kappa shape index (κ2) is 7.20. The average Bonchev–Trinajstić information content (AvgIpc) is 3.14. The summed E-state index contributed by atoms with van der Waals surface area (Å²) in [5.74, 6) is -1.38. The summed E-state index contributed by atoms with van der Waals surface area (Å²) in [7, 11) is 1.60. The lowest BCUT2D eigenvalue weighted by Gasteiger charge is -2.23. The number of methoxy groups -OCH3 is 1. The van der Waals surface area contributed by atoms with Crippen LogP contribution in [-0.4, -0.2) is 54.9 Å². The van der Waals surface area contributed by atoms with E-state index < -0.39 is 11.9 Å². The van der Waals surface area contributed by atoms with Crippen molar-refractivity contribution in [3.05, 3.63) is 0 Å². The Balaban J connectivity index is 2.38. The standard InChI is InChI=1S/C12H22N2O4/c1-3-9(11(15)16)8-13-12(17)14(6-7-18-2)10-4-5-10/h9-10H,3-8H2,1-2H3,(H,13,17)(H,15,16). The molecule has 0 aromatic heterocycles. The van der Waals surface area contributed by atoms with Gasteiger partial charge in [-0.2, -0.15) is 0 Å². The van der Waals surface area contributed by atoms with E-state index >= 15 is 0 Å². The molecule has 18 heavy (non-hydrogen) atoms. The Morgan fingerprint density at radius 3 is 2.61 bits per heavy atom. The van der Waals surface area contributed by atoms with Gasteiger partial charge in [-0.25, -0.2) is 4.79 Å². The van der Waals surface area contributed by atoms with Gasteiger partial charge in [-0.1, -0.05) is 6.92 Å². The largest absolute Gasteiger partial charge is 0.481 e. The maximum atomic E-state index is 11.9. The molecule has 104 valence electrons. The molecule has 1 rings (SSSR count). The molecule has 0 aromatic rings. The Labute approximate surface area is 107 Å². The van der Waals surface area contributed by atoms with Crippen LogP contribution in [0.3, 0.4) is 0 Å².